The zero-order valence-corrected chi connectivity index (χ0v) is 7.76. The smallest absolute Gasteiger partial charge is 0.0159 e. The molecule has 0 heterocycles. The highest BCUT2D eigenvalue weighted by atomic mass is 14.8. The summed E-state index contributed by atoms with van der Waals surface area (Å²) >= 11 is 0. The van der Waals surface area contributed by atoms with Crippen molar-refractivity contribution in [2.45, 2.75) is 50.5 Å². The molecule has 12 heavy (non-hydrogen) atoms. The van der Waals surface area contributed by atoms with Crippen molar-refractivity contribution in [1.82, 2.24) is 0 Å². The fourth-order valence-corrected chi connectivity index (χ4v) is 4.21. The van der Waals surface area contributed by atoms with Crippen LogP contribution >= 0.6 is 0 Å². The van der Waals surface area contributed by atoms with E-state index in [1.54, 1.807) is 0 Å². The van der Waals surface area contributed by atoms with Gasteiger partial charge in [0.25, 0.3) is 0 Å². The summed E-state index contributed by atoms with van der Waals surface area (Å²) < 4.78 is 0. The lowest BCUT2D eigenvalue weighted by molar-refractivity contribution is 0.211. The second-order valence-corrected chi connectivity index (χ2v) is 5.52. The zero-order valence-electron chi connectivity index (χ0n) is 7.76. The van der Waals surface area contributed by atoms with Crippen LogP contribution in [0.4, 0.5) is 0 Å². The summed E-state index contributed by atoms with van der Waals surface area (Å²) in [6, 6.07) is 0. The van der Waals surface area contributed by atoms with Crippen LogP contribution in [-0.4, -0.2) is 5.54 Å². The van der Waals surface area contributed by atoms with Gasteiger partial charge < -0.3 is 5.73 Å². The monoisotopic (exact) mass is 165 g/mol. The first-order valence-electron chi connectivity index (χ1n) is 5.54. The third kappa shape index (κ3) is 0.953. The number of rotatable bonds is 0. The molecule has 2 N–H and O–H groups in total. The van der Waals surface area contributed by atoms with Crippen molar-refractivity contribution in [3.63, 3.8) is 0 Å². The Morgan fingerprint density at radius 1 is 1.08 bits per heavy atom. The number of nitrogens with two attached hydrogens (primary N) is 1. The minimum atomic E-state index is 0.277. The van der Waals surface area contributed by atoms with Gasteiger partial charge >= 0.3 is 0 Å². The molecule has 0 saturated heterocycles. The maximum atomic E-state index is 6.42. The van der Waals surface area contributed by atoms with Crippen LogP contribution in [0.3, 0.4) is 0 Å². The molecule has 0 amide bonds. The number of hydrogen-bond donors (Lipinski definition) is 1. The van der Waals surface area contributed by atoms with Crippen molar-refractivity contribution in [2.75, 3.05) is 0 Å². The summed E-state index contributed by atoms with van der Waals surface area (Å²) in [5.41, 5.74) is 6.69. The van der Waals surface area contributed by atoms with Gasteiger partial charge in [-0.3, -0.25) is 0 Å². The Labute approximate surface area is 74.7 Å². The second kappa shape index (κ2) is 2.25. The molecule has 0 radical (unpaired) electrons. The Morgan fingerprint density at radius 2 is 1.92 bits per heavy atom. The van der Waals surface area contributed by atoms with Gasteiger partial charge in [-0.25, -0.2) is 0 Å². The summed E-state index contributed by atoms with van der Waals surface area (Å²) in [7, 11) is 0. The average molecular weight is 165 g/mol. The molecule has 1 heteroatoms. The van der Waals surface area contributed by atoms with Gasteiger partial charge in [-0.1, -0.05) is 12.8 Å². The lowest BCUT2D eigenvalue weighted by atomic mass is 9.74. The molecule has 68 valence electrons. The molecule has 3 bridgehead atoms. The molecule has 1 unspecified atom stereocenters. The molecule has 0 spiro atoms. The van der Waals surface area contributed by atoms with Crippen LogP contribution in [0.5, 0.6) is 0 Å². The van der Waals surface area contributed by atoms with E-state index in [0.717, 1.165) is 17.8 Å². The van der Waals surface area contributed by atoms with Crippen molar-refractivity contribution in [3.8, 4) is 0 Å². The van der Waals surface area contributed by atoms with Gasteiger partial charge in [-0.15, -0.1) is 0 Å². The molecule has 3 fully saturated rings. The van der Waals surface area contributed by atoms with E-state index in [-0.39, 0.29) is 5.54 Å². The molecule has 0 aromatic heterocycles. The van der Waals surface area contributed by atoms with E-state index in [1.807, 2.05) is 0 Å². The summed E-state index contributed by atoms with van der Waals surface area (Å²) in [5, 5.41) is 0. The molecule has 3 rings (SSSR count). The van der Waals surface area contributed by atoms with Crippen LogP contribution < -0.4 is 5.73 Å². The van der Waals surface area contributed by atoms with Gasteiger partial charge in [-0.2, -0.15) is 0 Å². The van der Waals surface area contributed by atoms with Crippen LogP contribution in [-0.2, 0) is 0 Å². The lowest BCUT2D eigenvalue weighted by Gasteiger charge is -2.36. The number of hydrogen-bond acceptors (Lipinski definition) is 1. The first-order valence-corrected chi connectivity index (χ1v) is 5.54. The van der Waals surface area contributed by atoms with E-state index < -0.39 is 0 Å². The van der Waals surface area contributed by atoms with E-state index in [1.165, 1.54) is 44.9 Å². The minimum Gasteiger partial charge on any atom is -0.325 e. The average Bonchev–Trinajstić information content (AvgIpc) is 2.20. The van der Waals surface area contributed by atoms with Gasteiger partial charge in [-0.05, 0) is 49.9 Å². The predicted molar refractivity (Wildman–Crippen MR) is 49.7 cm³/mol. The number of fused-ring (bicyclic) bond motifs is 2. The van der Waals surface area contributed by atoms with Crippen molar-refractivity contribution >= 4 is 0 Å². The highest BCUT2D eigenvalue weighted by molar-refractivity contribution is 5.02. The third-order valence-electron chi connectivity index (χ3n) is 4.55. The van der Waals surface area contributed by atoms with E-state index in [9.17, 15) is 0 Å². The molecule has 1 nitrogen and oxygen atoms in total. The van der Waals surface area contributed by atoms with Gasteiger partial charge in [0, 0.05) is 5.54 Å². The van der Waals surface area contributed by atoms with Gasteiger partial charge in [0.1, 0.15) is 0 Å². The molecule has 3 saturated carbocycles. The van der Waals surface area contributed by atoms with Crippen molar-refractivity contribution in [3.05, 3.63) is 0 Å². The Kier molecular flexibility index (Phi) is 1.39. The summed E-state index contributed by atoms with van der Waals surface area (Å²) in [6.07, 6.45) is 9.95. The molecular weight excluding hydrogens is 146 g/mol. The molecule has 3 aliphatic rings. The summed E-state index contributed by atoms with van der Waals surface area (Å²) in [4.78, 5) is 0. The van der Waals surface area contributed by atoms with E-state index in [2.05, 4.69) is 0 Å². The maximum absolute atomic E-state index is 6.42. The molecule has 0 aromatic carbocycles. The highest BCUT2D eigenvalue weighted by Crippen LogP contribution is 2.53. The molecule has 3 aliphatic carbocycles. The lowest BCUT2D eigenvalue weighted by Crippen LogP contribution is -2.44. The molecule has 4 atom stereocenters. The highest BCUT2D eigenvalue weighted by Gasteiger charge is 2.47. The summed E-state index contributed by atoms with van der Waals surface area (Å²) in [5.74, 6) is 3.11. The van der Waals surface area contributed by atoms with Gasteiger partial charge in [0.05, 0.1) is 0 Å². The first kappa shape index (κ1) is 7.37. The first-order chi connectivity index (χ1) is 5.75. The van der Waals surface area contributed by atoms with Crippen molar-refractivity contribution in [2.24, 2.45) is 23.5 Å². The van der Waals surface area contributed by atoms with Crippen molar-refractivity contribution in [1.29, 1.82) is 0 Å². The van der Waals surface area contributed by atoms with Crippen LogP contribution in [0.2, 0.25) is 0 Å². The Balaban J connectivity index is 1.94. The fraction of sp³-hybridized carbons (Fsp3) is 1.00. The van der Waals surface area contributed by atoms with Crippen LogP contribution in [0, 0.1) is 17.8 Å². The normalized spacial score (nSPS) is 57.2. The van der Waals surface area contributed by atoms with E-state index in [0.29, 0.717) is 0 Å². The predicted octanol–water partition coefficient (Wildman–Crippen LogP) is 2.30. The largest absolute Gasteiger partial charge is 0.325 e. The van der Waals surface area contributed by atoms with E-state index in [4.69, 9.17) is 5.73 Å². The standard InChI is InChI=1S/C11H19N/c12-11-3-1-2-9-4-8(6-11)5-10(9)7-11/h8-10H,1-7,12H2/t8-,9-,10?,11-/m0/s1. The third-order valence-corrected chi connectivity index (χ3v) is 4.55. The topological polar surface area (TPSA) is 26.0 Å². The second-order valence-electron chi connectivity index (χ2n) is 5.52. The Bertz CT molecular complexity index is 201. The summed E-state index contributed by atoms with van der Waals surface area (Å²) in [6.45, 7) is 0. The quantitative estimate of drug-likeness (QED) is 0.585. The van der Waals surface area contributed by atoms with Crippen LogP contribution in [0.1, 0.15) is 44.9 Å². The fourth-order valence-electron chi connectivity index (χ4n) is 4.21. The maximum Gasteiger partial charge on any atom is 0.0159 e. The zero-order chi connectivity index (χ0) is 8.18. The minimum absolute atomic E-state index is 0.277. The van der Waals surface area contributed by atoms with Gasteiger partial charge in [0.2, 0.25) is 0 Å². The molecule has 0 aliphatic heterocycles. The Morgan fingerprint density at radius 3 is 2.83 bits per heavy atom. The van der Waals surface area contributed by atoms with Crippen molar-refractivity contribution < 1.29 is 0 Å². The van der Waals surface area contributed by atoms with Crippen LogP contribution in [0.25, 0.3) is 0 Å². The molecular formula is C11H19N. The van der Waals surface area contributed by atoms with E-state index >= 15 is 0 Å². The SMILES string of the molecule is N[C@]12CCC[C@H]3C[C@@H](CC3C1)C2. The Hall–Kier alpha value is -0.0400. The van der Waals surface area contributed by atoms with Gasteiger partial charge in [0.15, 0.2) is 0 Å². The molecule has 0 aromatic rings. The van der Waals surface area contributed by atoms with Crippen LogP contribution in [0.15, 0.2) is 0 Å².